The lowest BCUT2D eigenvalue weighted by Crippen LogP contribution is -2.08. The fourth-order valence-corrected chi connectivity index (χ4v) is 3.75. The molecule has 0 spiro atoms. The summed E-state index contributed by atoms with van der Waals surface area (Å²) in [6.45, 7) is 8.07. The van der Waals surface area contributed by atoms with E-state index in [4.69, 9.17) is 15.2 Å². The second-order valence-corrected chi connectivity index (χ2v) is 6.75. The van der Waals surface area contributed by atoms with Gasteiger partial charge in [0.05, 0.1) is 22.9 Å². The molecule has 0 aliphatic carbocycles. The molecule has 0 saturated heterocycles. The summed E-state index contributed by atoms with van der Waals surface area (Å²) in [5.74, 6) is 1.74. The Bertz CT molecular complexity index is 1070. The normalized spacial score (nSPS) is 12.6. The zero-order chi connectivity index (χ0) is 18.4. The number of aryl methyl sites for hydroxylation is 3. The third kappa shape index (κ3) is 2.47. The Balaban J connectivity index is 1.96. The smallest absolute Gasteiger partial charge is 0.141 e. The number of aromatic nitrogens is 3. The lowest BCUT2D eigenvalue weighted by Gasteiger charge is -2.17. The van der Waals surface area contributed by atoms with Crippen LogP contribution in [0.5, 0.6) is 0 Å². The van der Waals surface area contributed by atoms with E-state index in [0.717, 1.165) is 39.4 Å². The number of fused-ring (bicyclic) bond motifs is 1. The van der Waals surface area contributed by atoms with Gasteiger partial charge in [-0.25, -0.2) is 4.98 Å². The first kappa shape index (κ1) is 16.4. The molecule has 0 bridgehead atoms. The molecule has 5 nitrogen and oxygen atoms in total. The van der Waals surface area contributed by atoms with Crippen LogP contribution in [0.25, 0.3) is 22.2 Å². The molecule has 2 aromatic carbocycles. The van der Waals surface area contributed by atoms with E-state index in [-0.39, 0.29) is 6.04 Å². The predicted octanol–water partition coefficient (Wildman–Crippen LogP) is 4.81. The van der Waals surface area contributed by atoms with Crippen molar-refractivity contribution in [3.8, 4) is 11.1 Å². The van der Waals surface area contributed by atoms with E-state index >= 15 is 0 Å². The third-order valence-electron chi connectivity index (χ3n) is 4.99. The molecule has 2 aromatic heterocycles. The topological polar surface area (TPSA) is 69.9 Å². The van der Waals surface area contributed by atoms with Crippen LogP contribution in [0.1, 0.15) is 35.8 Å². The van der Waals surface area contributed by atoms with Crippen LogP contribution >= 0.6 is 0 Å². The van der Waals surface area contributed by atoms with Gasteiger partial charge >= 0.3 is 0 Å². The van der Waals surface area contributed by atoms with E-state index < -0.39 is 0 Å². The van der Waals surface area contributed by atoms with Gasteiger partial charge in [0.2, 0.25) is 0 Å². The van der Waals surface area contributed by atoms with Gasteiger partial charge in [0.25, 0.3) is 0 Å². The number of nitrogens with zero attached hydrogens (tertiary/aromatic N) is 3. The lowest BCUT2D eigenvalue weighted by atomic mass is 10.0. The Morgan fingerprint density at radius 1 is 1.08 bits per heavy atom. The Morgan fingerprint density at radius 3 is 2.46 bits per heavy atom. The summed E-state index contributed by atoms with van der Waals surface area (Å²) in [5.41, 5.74) is 13.0. The van der Waals surface area contributed by atoms with Gasteiger partial charge in [-0.15, -0.1) is 0 Å². The average molecular weight is 346 g/mol. The SMILES string of the molecule is Cc1noc(C)c1-c1cc(N)c2nc(C)n(C(C)c3ccccc3)c2c1. The monoisotopic (exact) mass is 346 g/mol. The van der Waals surface area contributed by atoms with Crippen LogP contribution in [0.3, 0.4) is 0 Å². The molecular formula is C21H22N4O. The minimum atomic E-state index is 0.153. The van der Waals surface area contributed by atoms with Gasteiger partial charge in [0, 0.05) is 5.56 Å². The highest BCUT2D eigenvalue weighted by Gasteiger charge is 2.19. The Hall–Kier alpha value is -3.08. The van der Waals surface area contributed by atoms with Crippen LogP contribution < -0.4 is 5.73 Å². The number of hydrogen-bond acceptors (Lipinski definition) is 4. The summed E-state index contributed by atoms with van der Waals surface area (Å²) in [6.07, 6.45) is 0. The number of nitrogens with two attached hydrogens (primary N) is 1. The molecule has 2 N–H and O–H groups in total. The van der Waals surface area contributed by atoms with Gasteiger partial charge in [-0.2, -0.15) is 0 Å². The molecule has 4 rings (SSSR count). The fraction of sp³-hybridized carbons (Fsp3) is 0.238. The molecule has 0 aliphatic rings. The highest BCUT2D eigenvalue weighted by atomic mass is 16.5. The Kier molecular flexibility index (Phi) is 3.80. The maximum absolute atomic E-state index is 6.36. The lowest BCUT2D eigenvalue weighted by molar-refractivity contribution is 0.393. The standard InChI is InChI=1S/C21H22N4O/c1-12-20(14(3)26-24-12)17-10-18(22)21-19(11-17)25(15(4)23-21)13(2)16-8-6-5-7-9-16/h5-11,13H,22H2,1-4H3. The molecule has 26 heavy (non-hydrogen) atoms. The molecule has 0 saturated carbocycles. The number of anilines is 1. The average Bonchev–Trinajstić information content (AvgIpc) is 3.14. The number of benzene rings is 2. The molecule has 4 aromatic rings. The maximum Gasteiger partial charge on any atom is 0.141 e. The van der Waals surface area contributed by atoms with Crippen molar-refractivity contribution in [3.63, 3.8) is 0 Å². The predicted molar refractivity (Wildman–Crippen MR) is 104 cm³/mol. The van der Waals surface area contributed by atoms with Gasteiger partial charge in [-0.3, -0.25) is 0 Å². The summed E-state index contributed by atoms with van der Waals surface area (Å²) in [4.78, 5) is 4.73. The zero-order valence-electron chi connectivity index (χ0n) is 15.4. The van der Waals surface area contributed by atoms with Crippen molar-refractivity contribution < 1.29 is 4.52 Å². The van der Waals surface area contributed by atoms with Crippen molar-refractivity contribution in [2.24, 2.45) is 0 Å². The van der Waals surface area contributed by atoms with E-state index in [0.29, 0.717) is 5.69 Å². The zero-order valence-corrected chi connectivity index (χ0v) is 15.4. The molecular weight excluding hydrogens is 324 g/mol. The first-order valence-electron chi connectivity index (χ1n) is 8.73. The molecule has 5 heteroatoms. The number of hydrogen-bond donors (Lipinski definition) is 1. The van der Waals surface area contributed by atoms with Crippen molar-refractivity contribution in [1.29, 1.82) is 0 Å². The van der Waals surface area contributed by atoms with Crippen LogP contribution in [0.4, 0.5) is 5.69 Å². The van der Waals surface area contributed by atoms with E-state index in [1.807, 2.05) is 32.9 Å². The van der Waals surface area contributed by atoms with Crippen molar-refractivity contribution in [2.45, 2.75) is 33.7 Å². The van der Waals surface area contributed by atoms with Crippen LogP contribution in [-0.2, 0) is 0 Å². The summed E-state index contributed by atoms with van der Waals surface area (Å²) >= 11 is 0. The highest BCUT2D eigenvalue weighted by Crippen LogP contribution is 2.35. The quantitative estimate of drug-likeness (QED) is 0.541. The Morgan fingerprint density at radius 2 is 1.81 bits per heavy atom. The van der Waals surface area contributed by atoms with E-state index in [9.17, 15) is 0 Å². The van der Waals surface area contributed by atoms with Gasteiger partial charge in [0.1, 0.15) is 17.1 Å². The highest BCUT2D eigenvalue weighted by molar-refractivity contribution is 5.93. The van der Waals surface area contributed by atoms with Gasteiger partial charge in [-0.05, 0) is 51.0 Å². The van der Waals surface area contributed by atoms with Crippen molar-refractivity contribution in [1.82, 2.24) is 14.7 Å². The minimum absolute atomic E-state index is 0.153. The maximum atomic E-state index is 6.36. The van der Waals surface area contributed by atoms with E-state index in [1.165, 1.54) is 5.56 Å². The van der Waals surface area contributed by atoms with Gasteiger partial charge in [-0.1, -0.05) is 35.5 Å². The minimum Gasteiger partial charge on any atom is -0.397 e. The Labute approximate surface area is 152 Å². The second kappa shape index (κ2) is 6.02. The van der Waals surface area contributed by atoms with Gasteiger partial charge < -0.3 is 14.8 Å². The van der Waals surface area contributed by atoms with Crippen molar-refractivity contribution >= 4 is 16.7 Å². The fourth-order valence-electron chi connectivity index (χ4n) is 3.75. The summed E-state index contributed by atoms with van der Waals surface area (Å²) in [5, 5.41) is 4.07. The number of nitrogen functional groups attached to an aromatic ring is 1. The first-order chi connectivity index (χ1) is 12.5. The largest absolute Gasteiger partial charge is 0.397 e. The first-order valence-corrected chi connectivity index (χ1v) is 8.73. The van der Waals surface area contributed by atoms with Crippen LogP contribution in [-0.4, -0.2) is 14.7 Å². The summed E-state index contributed by atoms with van der Waals surface area (Å²) in [7, 11) is 0. The molecule has 0 amide bonds. The van der Waals surface area contributed by atoms with Crippen LogP contribution in [0.2, 0.25) is 0 Å². The number of rotatable bonds is 3. The van der Waals surface area contributed by atoms with Crippen LogP contribution in [0, 0.1) is 20.8 Å². The molecule has 1 atom stereocenters. The van der Waals surface area contributed by atoms with Crippen molar-refractivity contribution in [2.75, 3.05) is 5.73 Å². The van der Waals surface area contributed by atoms with E-state index in [1.54, 1.807) is 0 Å². The third-order valence-corrected chi connectivity index (χ3v) is 4.99. The summed E-state index contributed by atoms with van der Waals surface area (Å²) in [6, 6.07) is 14.7. The van der Waals surface area contributed by atoms with Gasteiger partial charge in [0.15, 0.2) is 0 Å². The van der Waals surface area contributed by atoms with E-state index in [2.05, 4.69) is 47.0 Å². The molecule has 0 radical (unpaired) electrons. The molecule has 132 valence electrons. The molecule has 2 heterocycles. The summed E-state index contributed by atoms with van der Waals surface area (Å²) < 4.78 is 7.58. The molecule has 0 fully saturated rings. The second-order valence-electron chi connectivity index (χ2n) is 6.75. The van der Waals surface area contributed by atoms with Crippen molar-refractivity contribution in [3.05, 3.63) is 65.3 Å². The number of imidazole rings is 1. The molecule has 0 aliphatic heterocycles. The molecule has 1 unspecified atom stereocenters. The van der Waals surface area contributed by atoms with Crippen LogP contribution in [0.15, 0.2) is 47.0 Å².